The summed E-state index contributed by atoms with van der Waals surface area (Å²) in [5, 5.41) is 6.82. The largest absolute Gasteiger partial charge is 0.373 e. The molecule has 0 aromatic heterocycles. The number of benzene rings is 1. The highest BCUT2D eigenvalue weighted by atomic mass is 35.5. The summed E-state index contributed by atoms with van der Waals surface area (Å²) in [5.74, 6) is 0.00581. The number of hydrogen-bond donors (Lipinski definition) is 2. The maximum Gasteiger partial charge on any atom is 0.242 e. The average Bonchev–Trinajstić information content (AvgIpc) is 2.39. The molecule has 0 saturated heterocycles. The van der Waals surface area contributed by atoms with Gasteiger partial charge in [-0.15, -0.1) is 0 Å². The molecule has 106 valence electrons. The fraction of sp³-hybridized carbons (Fsp3) is 0.533. The number of aryl methyl sites for hydroxylation is 1. The van der Waals surface area contributed by atoms with Crippen molar-refractivity contribution in [2.45, 2.75) is 52.6 Å². The quantitative estimate of drug-likeness (QED) is 0.834. The minimum Gasteiger partial charge on any atom is -0.373 e. The number of hydrogen-bond acceptors (Lipinski definition) is 2. The summed E-state index contributed by atoms with van der Waals surface area (Å²) < 4.78 is 0. The Balaban J connectivity index is 2.65. The number of rotatable bonds is 6. The molecule has 0 fully saturated rings. The van der Waals surface area contributed by atoms with E-state index in [2.05, 4.69) is 24.5 Å². The lowest BCUT2D eigenvalue weighted by atomic mass is 10.1. The van der Waals surface area contributed by atoms with Crippen LogP contribution in [0.4, 0.5) is 5.69 Å². The van der Waals surface area contributed by atoms with Gasteiger partial charge in [0.1, 0.15) is 6.04 Å². The standard InChI is InChI=1S/C15H23ClN2O/c1-5-12(6-2)18-15(19)11(4)17-14-9-10(3)7-8-13(14)16/h7-9,11-12,17H,5-6H2,1-4H3,(H,18,19). The van der Waals surface area contributed by atoms with Crippen LogP contribution in [0.1, 0.15) is 39.2 Å². The zero-order chi connectivity index (χ0) is 14.4. The molecule has 0 aliphatic carbocycles. The van der Waals surface area contributed by atoms with Crippen LogP contribution in [0.3, 0.4) is 0 Å². The molecule has 0 aliphatic heterocycles. The molecule has 1 atom stereocenters. The van der Waals surface area contributed by atoms with Crippen LogP contribution in [0.5, 0.6) is 0 Å². The summed E-state index contributed by atoms with van der Waals surface area (Å²) in [7, 11) is 0. The van der Waals surface area contributed by atoms with Gasteiger partial charge in [0.25, 0.3) is 0 Å². The second-order valence-electron chi connectivity index (χ2n) is 4.87. The van der Waals surface area contributed by atoms with Gasteiger partial charge in [-0.05, 0) is 44.4 Å². The van der Waals surface area contributed by atoms with Crippen molar-refractivity contribution >= 4 is 23.2 Å². The van der Waals surface area contributed by atoms with Crippen LogP contribution in [0.25, 0.3) is 0 Å². The Kier molecular flexibility index (Phi) is 6.16. The number of carbonyl (C=O) groups excluding carboxylic acids is 1. The first-order valence-electron chi connectivity index (χ1n) is 6.81. The smallest absolute Gasteiger partial charge is 0.242 e. The molecule has 3 nitrogen and oxygen atoms in total. The van der Waals surface area contributed by atoms with Crippen molar-refractivity contribution in [1.82, 2.24) is 5.32 Å². The van der Waals surface area contributed by atoms with E-state index in [9.17, 15) is 4.79 Å². The SMILES string of the molecule is CCC(CC)NC(=O)C(C)Nc1cc(C)ccc1Cl. The molecule has 1 unspecified atom stereocenters. The Morgan fingerprint density at radius 1 is 1.32 bits per heavy atom. The third kappa shape index (κ3) is 4.75. The average molecular weight is 283 g/mol. The van der Waals surface area contributed by atoms with E-state index in [1.165, 1.54) is 0 Å². The number of nitrogens with one attached hydrogen (secondary N) is 2. The molecule has 1 rings (SSSR count). The van der Waals surface area contributed by atoms with E-state index < -0.39 is 0 Å². The van der Waals surface area contributed by atoms with Crippen molar-refractivity contribution in [3.8, 4) is 0 Å². The number of anilines is 1. The molecule has 0 bridgehead atoms. The fourth-order valence-corrected chi connectivity index (χ4v) is 2.04. The molecule has 2 N–H and O–H groups in total. The molecule has 1 aromatic rings. The second-order valence-corrected chi connectivity index (χ2v) is 5.28. The van der Waals surface area contributed by atoms with Gasteiger partial charge in [-0.3, -0.25) is 4.79 Å². The van der Waals surface area contributed by atoms with Crippen molar-refractivity contribution in [2.75, 3.05) is 5.32 Å². The highest BCUT2D eigenvalue weighted by Gasteiger charge is 2.16. The molecule has 0 saturated carbocycles. The summed E-state index contributed by atoms with van der Waals surface area (Å²) in [6.45, 7) is 7.99. The maximum absolute atomic E-state index is 12.1. The predicted octanol–water partition coefficient (Wildman–Crippen LogP) is 3.75. The first-order valence-corrected chi connectivity index (χ1v) is 7.18. The summed E-state index contributed by atoms with van der Waals surface area (Å²) >= 11 is 6.11. The molecule has 0 aliphatic rings. The van der Waals surface area contributed by atoms with Crippen LogP contribution in [-0.2, 0) is 4.79 Å². The number of carbonyl (C=O) groups is 1. The summed E-state index contributed by atoms with van der Waals surface area (Å²) in [6.07, 6.45) is 1.89. The molecule has 1 aromatic carbocycles. The first-order chi connectivity index (χ1) is 8.97. The zero-order valence-corrected chi connectivity index (χ0v) is 12.8. The Bertz CT molecular complexity index is 430. The molecule has 19 heavy (non-hydrogen) atoms. The number of halogens is 1. The van der Waals surface area contributed by atoms with Gasteiger partial charge in [0, 0.05) is 6.04 Å². The highest BCUT2D eigenvalue weighted by Crippen LogP contribution is 2.23. The van der Waals surface area contributed by atoms with Crippen molar-refractivity contribution in [1.29, 1.82) is 0 Å². The summed E-state index contributed by atoms with van der Waals surface area (Å²) in [6, 6.07) is 5.67. The van der Waals surface area contributed by atoms with E-state index in [0.717, 1.165) is 24.1 Å². The fourth-order valence-electron chi connectivity index (χ4n) is 1.87. The monoisotopic (exact) mass is 282 g/mol. The van der Waals surface area contributed by atoms with Crippen molar-refractivity contribution in [2.24, 2.45) is 0 Å². The lowest BCUT2D eigenvalue weighted by molar-refractivity contribution is -0.122. The van der Waals surface area contributed by atoms with Crippen LogP contribution in [0.15, 0.2) is 18.2 Å². The first kappa shape index (κ1) is 15.8. The highest BCUT2D eigenvalue weighted by molar-refractivity contribution is 6.33. The van der Waals surface area contributed by atoms with Gasteiger partial charge in [0.15, 0.2) is 0 Å². The van der Waals surface area contributed by atoms with Gasteiger partial charge in [-0.25, -0.2) is 0 Å². The van der Waals surface area contributed by atoms with E-state index >= 15 is 0 Å². The molecular weight excluding hydrogens is 260 g/mol. The van der Waals surface area contributed by atoms with E-state index in [4.69, 9.17) is 11.6 Å². The van der Waals surface area contributed by atoms with Gasteiger partial charge in [-0.2, -0.15) is 0 Å². The van der Waals surface area contributed by atoms with E-state index in [0.29, 0.717) is 5.02 Å². The summed E-state index contributed by atoms with van der Waals surface area (Å²) in [5.41, 5.74) is 1.91. The topological polar surface area (TPSA) is 41.1 Å². The van der Waals surface area contributed by atoms with E-state index in [1.54, 1.807) is 0 Å². The normalized spacial score (nSPS) is 12.3. The Hall–Kier alpha value is -1.22. The van der Waals surface area contributed by atoms with Gasteiger partial charge in [-0.1, -0.05) is 31.5 Å². The summed E-state index contributed by atoms with van der Waals surface area (Å²) in [4.78, 5) is 12.1. The Morgan fingerprint density at radius 3 is 2.53 bits per heavy atom. The van der Waals surface area contributed by atoms with Gasteiger partial charge >= 0.3 is 0 Å². The Labute approximate surface area is 120 Å². The van der Waals surface area contributed by atoms with Crippen LogP contribution < -0.4 is 10.6 Å². The van der Waals surface area contributed by atoms with Crippen LogP contribution in [-0.4, -0.2) is 18.0 Å². The van der Waals surface area contributed by atoms with Crippen LogP contribution in [0, 0.1) is 6.92 Å². The molecule has 0 spiro atoms. The van der Waals surface area contributed by atoms with Crippen LogP contribution >= 0.6 is 11.6 Å². The lowest BCUT2D eigenvalue weighted by Gasteiger charge is -2.20. The zero-order valence-electron chi connectivity index (χ0n) is 12.1. The maximum atomic E-state index is 12.1. The minimum absolute atomic E-state index is 0.00581. The van der Waals surface area contributed by atoms with Crippen molar-refractivity contribution < 1.29 is 4.79 Å². The van der Waals surface area contributed by atoms with Crippen molar-refractivity contribution in [3.05, 3.63) is 28.8 Å². The van der Waals surface area contributed by atoms with Crippen molar-refractivity contribution in [3.63, 3.8) is 0 Å². The van der Waals surface area contributed by atoms with Gasteiger partial charge in [0.2, 0.25) is 5.91 Å². The Morgan fingerprint density at radius 2 is 1.95 bits per heavy atom. The third-order valence-electron chi connectivity index (χ3n) is 3.22. The molecule has 0 heterocycles. The molecular formula is C15H23ClN2O. The van der Waals surface area contributed by atoms with Gasteiger partial charge < -0.3 is 10.6 Å². The van der Waals surface area contributed by atoms with E-state index in [1.807, 2.05) is 32.0 Å². The predicted molar refractivity (Wildman–Crippen MR) is 81.8 cm³/mol. The van der Waals surface area contributed by atoms with E-state index in [-0.39, 0.29) is 18.0 Å². The van der Waals surface area contributed by atoms with Crippen LogP contribution in [0.2, 0.25) is 5.02 Å². The third-order valence-corrected chi connectivity index (χ3v) is 3.55. The minimum atomic E-state index is -0.306. The molecule has 1 amide bonds. The molecule has 4 heteroatoms. The molecule has 0 radical (unpaired) electrons. The van der Waals surface area contributed by atoms with Gasteiger partial charge in [0.05, 0.1) is 10.7 Å². The lowest BCUT2D eigenvalue weighted by Crippen LogP contribution is -2.42. The second kappa shape index (κ2) is 7.39. The number of amides is 1.